The number of anilines is 1. The highest BCUT2D eigenvalue weighted by molar-refractivity contribution is 6.06. The van der Waals surface area contributed by atoms with Crippen molar-refractivity contribution in [3.8, 4) is 6.07 Å². The van der Waals surface area contributed by atoms with Crippen LogP contribution in [0.1, 0.15) is 24.1 Å². The van der Waals surface area contributed by atoms with E-state index in [1.54, 1.807) is 30.3 Å². The minimum Gasteiger partial charge on any atom is -0.466 e. The number of esters is 2. The summed E-state index contributed by atoms with van der Waals surface area (Å²) in [7, 11) is 2.46. The summed E-state index contributed by atoms with van der Waals surface area (Å²) in [5.74, 6) is -2.38. The van der Waals surface area contributed by atoms with E-state index in [1.807, 2.05) is 31.2 Å². The molecule has 2 aromatic carbocycles. The van der Waals surface area contributed by atoms with E-state index in [-0.39, 0.29) is 22.7 Å². The number of carbonyl (C=O) groups is 2. The number of ether oxygens (including phenoxy) is 2. The van der Waals surface area contributed by atoms with Gasteiger partial charge in [0.15, 0.2) is 0 Å². The fourth-order valence-corrected chi connectivity index (χ4v) is 4.74. The molecule has 0 aliphatic carbocycles. The number of methoxy groups -OCH3 is 2. The van der Waals surface area contributed by atoms with Gasteiger partial charge in [-0.05, 0) is 43.7 Å². The molecular weight excluding hydrogens is 444 g/mol. The van der Waals surface area contributed by atoms with Gasteiger partial charge < -0.3 is 19.8 Å². The Balaban J connectivity index is 2.05. The van der Waals surface area contributed by atoms with Crippen LogP contribution in [0.15, 0.2) is 77.3 Å². The first-order valence-electron chi connectivity index (χ1n) is 11.1. The first-order chi connectivity index (χ1) is 16.9. The summed E-state index contributed by atoms with van der Waals surface area (Å²) in [6.45, 7) is 4.89. The molecule has 0 spiro atoms. The van der Waals surface area contributed by atoms with E-state index in [1.165, 1.54) is 19.1 Å². The van der Waals surface area contributed by atoms with Crippen molar-refractivity contribution < 1.29 is 19.1 Å². The lowest BCUT2D eigenvalue weighted by Gasteiger charge is -2.35. The topological polar surface area (TPSA) is 111 Å². The number of hydrogen-bond donors (Lipinski definition) is 1. The molecule has 8 nitrogen and oxygen atoms in total. The van der Waals surface area contributed by atoms with E-state index in [0.29, 0.717) is 11.3 Å². The van der Waals surface area contributed by atoms with Gasteiger partial charge in [-0.2, -0.15) is 5.26 Å². The lowest BCUT2D eigenvalue weighted by molar-refractivity contribution is -0.139. The van der Waals surface area contributed by atoms with Gasteiger partial charge in [-0.3, -0.25) is 4.90 Å². The van der Waals surface area contributed by atoms with Crippen molar-refractivity contribution in [2.24, 2.45) is 5.73 Å². The zero-order valence-electron chi connectivity index (χ0n) is 20.0. The Morgan fingerprint density at radius 1 is 1.06 bits per heavy atom. The molecule has 0 bridgehead atoms. The van der Waals surface area contributed by atoms with Gasteiger partial charge in [0.2, 0.25) is 0 Å². The van der Waals surface area contributed by atoms with Gasteiger partial charge in [0.25, 0.3) is 0 Å². The minimum atomic E-state index is -0.897. The predicted molar refractivity (Wildman–Crippen MR) is 132 cm³/mol. The van der Waals surface area contributed by atoms with E-state index < -0.39 is 17.9 Å². The molecule has 1 aromatic heterocycles. The zero-order valence-corrected chi connectivity index (χ0v) is 20.0. The third-order valence-corrected chi connectivity index (χ3v) is 6.28. The normalized spacial score (nSPS) is 15.9. The summed E-state index contributed by atoms with van der Waals surface area (Å²) < 4.78 is 12.3. The molecule has 178 valence electrons. The summed E-state index contributed by atoms with van der Waals surface area (Å²) in [6, 6.07) is 18.7. The van der Waals surface area contributed by atoms with Crippen LogP contribution >= 0.6 is 0 Å². The number of nitrogens with zero attached hydrogens (tertiary/aromatic N) is 3. The third kappa shape index (κ3) is 3.81. The number of carbonyl (C=O) groups excluding carboxylic acids is 2. The summed E-state index contributed by atoms with van der Waals surface area (Å²) in [5.41, 5.74) is 9.85. The molecule has 0 saturated heterocycles. The van der Waals surface area contributed by atoms with Crippen LogP contribution in [0.25, 0.3) is 10.9 Å². The first kappa shape index (κ1) is 23.6. The van der Waals surface area contributed by atoms with Gasteiger partial charge in [-0.25, -0.2) is 9.59 Å². The van der Waals surface area contributed by atoms with E-state index in [2.05, 4.69) is 17.6 Å². The molecule has 2 heterocycles. The largest absolute Gasteiger partial charge is 0.466 e. The number of nitrogens with two attached hydrogens (primary N) is 1. The van der Waals surface area contributed by atoms with Crippen molar-refractivity contribution in [2.75, 3.05) is 19.1 Å². The maximum atomic E-state index is 13.2. The molecule has 1 aliphatic heterocycles. The van der Waals surface area contributed by atoms with Crippen LogP contribution in [0.3, 0.4) is 0 Å². The Morgan fingerprint density at radius 2 is 1.74 bits per heavy atom. The molecule has 2 N–H and O–H groups in total. The van der Waals surface area contributed by atoms with Gasteiger partial charge in [0, 0.05) is 28.8 Å². The molecule has 0 fully saturated rings. The van der Waals surface area contributed by atoms with Gasteiger partial charge in [-0.1, -0.05) is 30.3 Å². The standard InChI is InChI=1S/C27H26N4O4/c1-5-30-16(2)13-18-14-19(11-12-21(18)30)31-24(27(33)35-4)23(26(32)34-3)22(20(15-28)25(31)29)17-9-7-6-8-10-17/h6-14,22H,5,29H2,1-4H3. The van der Waals surface area contributed by atoms with E-state index in [4.69, 9.17) is 15.2 Å². The second-order valence-corrected chi connectivity index (χ2v) is 8.11. The van der Waals surface area contributed by atoms with Crippen LogP contribution in [0.5, 0.6) is 0 Å². The van der Waals surface area contributed by atoms with Crippen LogP contribution in [0, 0.1) is 18.3 Å². The molecule has 0 saturated carbocycles. The summed E-state index contributed by atoms with van der Waals surface area (Å²) in [4.78, 5) is 27.7. The van der Waals surface area contributed by atoms with Crippen molar-refractivity contribution >= 4 is 28.5 Å². The smallest absolute Gasteiger partial charge is 0.355 e. The summed E-state index contributed by atoms with van der Waals surface area (Å²) in [5, 5.41) is 11.1. The molecule has 0 amide bonds. The summed E-state index contributed by atoms with van der Waals surface area (Å²) >= 11 is 0. The zero-order chi connectivity index (χ0) is 25.3. The van der Waals surface area contributed by atoms with Crippen molar-refractivity contribution in [1.29, 1.82) is 5.26 Å². The molecule has 0 radical (unpaired) electrons. The predicted octanol–water partition coefficient (Wildman–Crippen LogP) is 3.87. The van der Waals surface area contributed by atoms with Crippen LogP contribution in [-0.2, 0) is 25.6 Å². The number of rotatable bonds is 5. The minimum absolute atomic E-state index is 0.0151. The molecule has 35 heavy (non-hydrogen) atoms. The Morgan fingerprint density at radius 3 is 2.34 bits per heavy atom. The average molecular weight is 471 g/mol. The molecule has 1 aliphatic rings. The van der Waals surface area contributed by atoms with E-state index in [9.17, 15) is 14.9 Å². The molecular formula is C27H26N4O4. The van der Waals surface area contributed by atoms with Crippen LogP contribution in [0.2, 0.25) is 0 Å². The van der Waals surface area contributed by atoms with Crippen molar-refractivity contribution in [3.05, 3.63) is 88.5 Å². The number of aryl methyl sites for hydroxylation is 2. The number of hydrogen-bond acceptors (Lipinski definition) is 7. The molecule has 8 heteroatoms. The van der Waals surface area contributed by atoms with Crippen molar-refractivity contribution in [2.45, 2.75) is 26.3 Å². The Bertz CT molecular complexity index is 1430. The molecule has 1 unspecified atom stereocenters. The average Bonchev–Trinajstić information content (AvgIpc) is 3.21. The monoisotopic (exact) mass is 470 g/mol. The van der Waals surface area contributed by atoms with E-state index >= 15 is 0 Å². The number of allylic oxidation sites excluding steroid dienone is 1. The SMILES string of the molecule is CCn1c(C)cc2cc(N3C(N)=C(C#N)C(c4ccccc4)C(C(=O)OC)=C3C(=O)OC)ccc21. The van der Waals surface area contributed by atoms with E-state index in [0.717, 1.165) is 23.1 Å². The Kier molecular flexibility index (Phi) is 6.34. The maximum Gasteiger partial charge on any atom is 0.355 e. The fourth-order valence-electron chi connectivity index (χ4n) is 4.74. The highest BCUT2D eigenvalue weighted by Gasteiger charge is 2.43. The first-order valence-corrected chi connectivity index (χ1v) is 11.1. The maximum absolute atomic E-state index is 13.2. The van der Waals surface area contributed by atoms with Gasteiger partial charge >= 0.3 is 11.9 Å². The number of benzene rings is 2. The van der Waals surface area contributed by atoms with Gasteiger partial charge in [0.05, 0.1) is 37.4 Å². The van der Waals surface area contributed by atoms with Crippen LogP contribution in [0.4, 0.5) is 5.69 Å². The quantitative estimate of drug-likeness (QED) is 0.564. The molecule has 3 aromatic rings. The van der Waals surface area contributed by atoms with Crippen molar-refractivity contribution in [1.82, 2.24) is 4.57 Å². The second kappa shape index (κ2) is 9.39. The van der Waals surface area contributed by atoms with Gasteiger partial charge in [-0.15, -0.1) is 0 Å². The number of aromatic nitrogens is 1. The highest BCUT2D eigenvalue weighted by Crippen LogP contribution is 2.43. The van der Waals surface area contributed by atoms with Crippen molar-refractivity contribution in [3.63, 3.8) is 0 Å². The molecule has 1 atom stereocenters. The second-order valence-electron chi connectivity index (χ2n) is 8.11. The number of nitriles is 1. The summed E-state index contributed by atoms with van der Waals surface area (Å²) in [6.07, 6.45) is 0. The molecule has 4 rings (SSSR count). The lowest BCUT2D eigenvalue weighted by Crippen LogP contribution is -2.40. The third-order valence-electron chi connectivity index (χ3n) is 6.28. The fraction of sp³-hybridized carbons (Fsp3) is 0.222. The van der Waals surface area contributed by atoms with Gasteiger partial charge in [0.1, 0.15) is 11.5 Å². The Labute approximate surface area is 203 Å². The lowest BCUT2D eigenvalue weighted by atomic mass is 9.81. The highest BCUT2D eigenvalue weighted by atomic mass is 16.5. The van der Waals surface area contributed by atoms with Crippen LogP contribution in [-0.4, -0.2) is 30.7 Å². The van der Waals surface area contributed by atoms with Crippen LogP contribution < -0.4 is 10.6 Å². The number of fused-ring (bicyclic) bond motifs is 1. The Hall–Kier alpha value is -4.51.